The van der Waals surface area contributed by atoms with Crippen LogP contribution in [0.5, 0.6) is 0 Å². The molecule has 7 heteroatoms. The quantitative estimate of drug-likeness (QED) is 0.306. The predicted molar refractivity (Wildman–Crippen MR) is 81.2 cm³/mol. The SMILES string of the molecule is N#C/C(=C\c1ccoc1-c1ccc([N+](=O)[O-])cc1)C(N)=S. The van der Waals surface area contributed by atoms with E-state index in [0.29, 0.717) is 16.9 Å². The lowest BCUT2D eigenvalue weighted by Crippen LogP contribution is -2.09. The van der Waals surface area contributed by atoms with Crippen molar-refractivity contribution in [1.82, 2.24) is 0 Å². The van der Waals surface area contributed by atoms with E-state index in [4.69, 9.17) is 27.6 Å². The van der Waals surface area contributed by atoms with Gasteiger partial charge in [0.15, 0.2) is 0 Å². The molecule has 104 valence electrons. The minimum absolute atomic E-state index is 0.00616. The molecule has 0 unspecified atom stereocenters. The third-order valence-corrected chi connectivity index (χ3v) is 2.94. The summed E-state index contributed by atoms with van der Waals surface area (Å²) in [5.74, 6) is 0.480. The normalized spacial score (nSPS) is 10.9. The van der Waals surface area contributed by atoms with E-state index in [-0.39, 0.29) is 16.2 Å². The molecule has 0 aliphatic rings. The van der Waals surface area contributed by atoms with Crippen LogP contribution in [-0.4, -0.2) is 9.91 Å². The molecule has 0 saturated heterocycles. The number of furan rings is 1. The van der Waals surface area contributed by atoms with Crippen molar-refractivity contribution in [3.8, 4) is 17.4 Å². The van der Waals surface area contributed by atoms with Crippen molar-refractivity contribution < 1.29 is 9.34 Å². The molecule has 0 saturated carbocycles. The van der Waals surface area contributed by atoms with Crippen LogP contribution in [0.15, 0.2) is 46.6 Å². The number of nitrogens with zero attached hydrogens (tertiary/aromatic N) is 2. The van der Waals surface area contributed by atoms with Crippen molar-refractivity contribution in [3.63, 3.8) is 0 Å². The van der Waals surface area contributed by atoms with Gasteiger partial charge in [-0.2, -0.15) is 5.26 Å². The van der Waals surface area contributed by atoms with Crippen LogP contribution in [0.3, 0.4) is 0 Å². The lowest BCUT2D eigenvalue weighted by Gasteiger charge is -2.00. The van der Waals surface area contributed by atoms with E-state index in [9.17, 15) is 10.1 Å². The van der Waals surface area contributed by atoms with Crippen LogP contribution in [-0.2, 0) is 0 Å². The lowest BCUT2D eigenvalue weighted by atomic mass is 10.1. The van der Waals surface area contributed by atoms with Gasteiger partial charge in [0.05, 0.1) is 16.8 Å². The molecule has 2 aromatic rings. The molecule has 0 amide bonds. The topological polar surface area (TPSA) is 106 Å². The highest BCUT2D eigenvalue weighted by atomic mass is 32.1. The summed E-state index contributed by atoms with van der Waals surface area (Å²) in [5.41, 5.74) is 6.86. The van der Waals surface area contributed by atoms with Gasteiger partial charge in [-0.15, -0.1) is 0 Å². The number of thiocarbonyl (C=S) groups is 1. The standard InChI is InChI=1S/C14H9N3O3S/c15-8-11(14(16)21)7-10-5-6-20-13(10)9-1-3-12(4-2-9)17(18)19/h1-7H,(H2,16,21)/b11-7+. The zero-order valence-corrected chi connectivity index (χ0v) is 11.5. The second-order valence-corrected chi connectivity index (χ2v) is 4.48. The first kappa shape index (κ1) is 14.4. The first-order chi connectivity index (χ1) is 10.0. The molecule has 0 bridgehead atoms. The highest BCUT2D eigenvalue weighted by Crippen LogP contribution is 2.28. The number of rotatable bonds is 4. The maximum Gasteiger partial charge on any atom is 0.269 e. The van der Waals surface area contributed by atoms with E-state index in [0.717, 1.165) is 0 Å². The van der Waals surface area contributed by atoms with Crippen LogP contribution in [0.1, 0.15) is 5.56 Å². The maximum atomic E-state index is 10.6. The fourth-order valence-electron chi connectivity index (χ4n) is 1.72. The summed E-state index contributed by atoms with van der Waals surface area (Å²) in [6.45, 7) is 0. The Bertz CT molecular complexity index is 770. The number of nitrogens with two attached hydrogens (primary N) is 1. The summed E-state index contributed by atoms with van der Waals surface area (Å²) < 4.78 is 5.37. The van der Waals surface area contributed by atoms with Gasteiger partial charge in [-0.1, -0.05) is 12.2 Å². The van der Waals surface area contributed by atoms with E-state index in [1.807, 2.05) is 6.07 Å². The molecular formula is C14H9N3O3S. The largest absolute Gasteiger partial charge is 0.464 e. The van der Waals surface area contributed by atoms with Crippen molar-refractivity contribution in [2.45, 2.75) is 0 Å². The van der Waals surface area contributed by atoms with Crippen LogP contribution in [0.4, 0.5) is 5.69 Å². The third kappa shape index (κ3) is 3.13. The van der Waals surface area contributed by atoms with Gasteiger partial charge in [0, 0.05) is 23.3 Å². The number of nitro benzene ring substituents is 1. The summed E-state index contributed by atoms with van der Waals surface area (Å²) >= 11 is 4.78. The summed E-state index contributed by atoms with van der Waals surface area (Å²) in [7, 11) is 0. The Hall–Kier alpha value is -2.98. The number of hydrogen-bond acceptors (Lipinski definition) is 5. The number of nitro groups is 1. The summed E-state index contributed by atoms with van der Waals surface area (Å²) in [5, 5.41) is 19.6. The zero-order valence-electron chi connectivity index (χ0n) is 10.6. The van der Waals surface area contributed by atoms with Gasteiger partial charge in [0.25, 0.3) is 5.69 Å². The second kappa shape index (κ2) is 5.98. The highest BCUT2D eigenvalue weighted by Gasteiger charge is 2.11. The molecule has 0 aliphatic heterocycles. The van der Waals surface area contributed by atoms with Crippen LogP contribution in [0, 0.1) is 21.4 Å². The molecule has 0 spiro atoms. The number of benzene rings is 1. The van der Waals surface area contributed by atoms with Gasteiger partial charge in [0.2, 0.25) is 0 Å². The number of nitriles is 1. The van der Waals surface area contributed by atoms with Crippen molar-refractivity contribution in [1.29, 1.82) is 5.26 Å². The third-order valence-electron chi connectivity index (χ3n) is 2.72. The van der Waals surface area contributed by atoms with Crippen LogP contribution < -0.4 is 5.73 Å². The molecule has 2 rings (SSSR count). The first-order valence-electron chi connectivity index (χ1n) is 5.77. The smallest absolute Gasteiger partial charge is 0.269 e. The molecule has 0 fully saturated rings. The average Bonchev–Trinajstić information content (AvgIpc) is 2.92. The second-order valence-electron chi connectivity index (χ2n) is 4.04. The van der Waals surface area contributed by atoms with E-state index in [1.165, 1.54) is 24.5 Å². The number of hydrogen-bond donors (Lipinski definition) is 1. The molecule has 0 atom stereocenters. The Kier molecular flexibility index (Phi) is 4.11. The Morgan fingerprint density at radius 2 is 2.05 bits per heavy atom. The molecule has 6 nitrogen and oxygen atoms in total. The highest BCUT2D eigenvalue weighted by molar-refractivity contribution is 7.80. The molecule has 21 heavy (non-hydrogen) atoms. The first-order valence-corrected chi connectivity index (χ1v) is 6.17. The average molecular weight is 299 g/mol. The van der Waals surface area contributed by atoms with Crippen LogP contribution in [0.25, 0.3) is 17.4 Å². The monoisotopic (exact) mass is 299 g/mol. The Labute approximate surface area is 125 Å². The minimum atomic E-state index is -0.479. The van der Waals surface area contributed by atoms with E-state index >= 15 is 0 Å². The van der Waals surface area contributed by atoms with Gasteiger partial charge >= 0.3 is 0 Å². The maximum absolute atomic E-state index is 10.6. The fraction of sp³-hybridized carbons (Fsp3) is 0. The lowest BCUT2D eigenvalue weighted by molar-refractivity contribution is -0.384. The van der Waals surface area contributed by atoms with E-state index in [1.54, 1.807) is 18.2 Å². The van der Waals surface area contributed by atoms with Gasteiger partial charge in [-0.25, -0.2) is 0 Å². The molecule has 2 N–H and O–H groups in total. The molecule has 1 aromatic heterocycles. The van der Waals surface area contributed by atoms with E-state index in [2.05, 4.69) is 0 Å². The van der Waals surface area contributed by atoms with Crippen molar-refractivity contribution in [3.05, 3.63) is 57.8 Å². The van der Waals surface area contributed by atoms with Gasteiger partial charge in [-0.3, -0.25) is 10.1 Å². The van der Waals surface area contributed by atoms with Crippen molar-refractivity contribution in [2.75, 3.05) is 0 Å². The Morgan fingerprint density at radius 1 is 1.38 bits per heavy atom. The van der Waals surface area contributed by atoms with Crippen molar-refractivity contribution in [2.24, 2.45) is 5.73 Å². The Balaban J connectivity index is 2.43. The molecule has 1 aromatic carbocycles. The fourth-order valence-corrected chi connectivity index (χ4v) is 1.82. The van der Waals surface area contributed by atoms with Gasteiger partial charge < -0.3 is 10.2 Å². The summed E-state index contributed by atoms with van der Waals surface area (Å²) in [6, 6.07) is 9.46. The Morgan fingerprint density at radius 3 is 2.57 bits per heavy atom. The van der Waals surface area contributed by atoms with Crippen LogP contribution >= 0.6 is 12.2 Å². The van der Waals surface area contributed by atoms with Gasteiger partial charge in [0.1, 0.15) is 16.8 Å². The summed E-state index contributed by atoms with van der Waals surface area (Å²) in [4.78, 5) is 10.1. The summed E-state index contributed by atoms with van der Waals surface area (Å²) in [6.07, 6.45) is 2.97. The number of non-ortho nitro benzene ring substituents is 1. The molecule has 1 heterocycles. The van der Waals surface area contributed by atoms with Crippen LogP contribution in [0.2, 0.25) is 0 Å². The van der Waals surface area contributed by atoms with Crippen molar-refractivity contribution >= 4 is 29.0 Å². The molecule has 0 radical (unpaired) electrons. The molecule has 0 aliphatic carbocycles. The molecular weight excluding hydrogens is 290 g/mol. The van der Waals surface area contributed by atoms with Gasteiger partial charge in [-0.05, 0) is 24.3 Å². The predicted octanol–water partition coefficient (Wildman–Crippen LogP) is 3.05. The van der Waals surface area contributed by atoms with E-state index < -0.39 is 4.92 Å². The zero-order chi connectivity index (χ0) is 15.4. The minimum Gasteiger partial charge on any atom is -0.464 e.